The van der Waals surface area contributed by atoms with Crippen molar-refractivity contribution in [3.8, 4) is 0 Å². The molecule has 26 heavy (non-hydrogen) atoms. The van der Waals surface area contributed by atoms with E-state index in [-0.39, 0.29) is 17.9 Å². The number of carbonyl (C=O) groups excluding carboxylic acids is 1. The molecule has 1 fully saturated rings. The normalized spacial score (nSPS) is 28.2. The molecule has 0 spiro atoms. The predicted molar refractivity (Wildman–Crippen MR) is 99.1 cm³/mol. The molecule has 1 amide bonds. The number of carbonyl (C=O) groups is 1. The highest BCUT2D eigenvalue weighted by Crippen LogP contribution is 2.50. The highest BCUT2D eigenvalue weighted by Gasteiger charge is 2.52. The number of aryl methyl sites for hydroxylation is 1. The first-order valence-corrected chi connectivity index (χ1v) is 9.18. The lowest BCUT2D eigenvalue weighted by atomic mass is 9.68. The minimum absolute atomic E-state index is 0.130. The molecule has 1 saturated heterocycles. The van der Waals surface area contributed by atoms with E-state index in [1.54, 1.807) is 12.6 Å². The van der Waals surface area contributed by atoms with Crippen LogP contribution < -0.4 is 5.48 Å². The van der Waals surface area contributed by atoms with Crippen LogP contribution in [-0.4, -0.2) is 47.3 Å². The van der Waals surface area contributed by atoms with Gasteiger partial charge in [0.05, 0.1) is 0 Å². The van der Waals surface area contributed by atoms with Gasteiger partial charge in [0, 0.05) is 49.8 Å². The van der Waals surface area contributed by atoms with E-state index >= 15 is 0 Å². The molecular weight excluding hydrogens is 330 g/mol. The Balaban J connectivity index is 1.88. The average molecular weight is 357 g/mol. The van der Waals surface area contributed by atoms with Crippen LogP contribution >= 0.6 is 0 Å². The zero-order chi connectivity index (χ0) is 18.6. The van der Waals surface area contributed by atoms with Gasteiger partial charge in [-0.15, -0.1) is 0 Å². The van der Waals surface area contributed by atoms with Crippen LogP contribution in [0.4, 0.5) is 0 Å². The van der Waals surface area contributed by atoms with Crippen LogP contribution in [0.1, 0.15) is 29.7 Å². The number of ether oxygens (including phenoxy) is 1. The van der Waals surface area contributed by atoms with Crippen LogP contribution in [0.15, 0.2) is 18.2 Å². The lowest BCUT2D eigenvalue weighted by Crippen LogP contribution is -2.59. The van der Waals surface area contributed by atoms with E-state index in [2.05, 4.69) is 48.7 Å². The highest BCUT2D eigenvalue weighted by atomic mass is 16.5. The van der Waals surface area contributed by atoms with Gasteiger partial charge in [0.1, 0.15) is 5.60 Å². The number of fused-ring (bicyclic) bond motifs is 2. The molecule has 3 unspecified atom stereocenters. The van der Waals surface area contributed by atoms with Crippen molar-refractivity contribution in [3.05, 3.63) is 35.0 Å². The summed E-state index contributed by atoms with van der Waals surface area (Å²) in [6, 6.07) is 6.69. The first-order valence-electron chi connectivity index (χ1n) is 9.18. The van der Waals surface area contributed by atoms with Crippen molar-refractivity contribution < 1.29 is 14.7 Å². The fraction of sp³-hybridized carbons (Fsp3) is 0.550. The van der Waals surface area contributed by atoms with Gasteiger partial charge >= 0.3 is 0 Å². The van der Waals surface area contributed by atoms with E-state index in [1.165, 1.54) is 27.7 Å². The molecule has 1 aliphatic heterocycles. The Morgan fingerprint density at radius 2 is 2.19 bits per heavy atom. The van der Waals surface area contributed by atoms with E-state index in [0.717, 1.165) is 19.4 Å². The third-order valence-electron chi connectivity index (χ3n) is 6.67. The summed E-state index contributed by atoms with van der Waals surface area (Å²) in [5.74, 6) is -0.205. The van der Waals surface area contributed by atoms with Gasteiger partial charge in [0.15, 0.2) is 0 Å². The molecule has 6 heteroatoms. The van der Waals surface area contributed by atoms with Gasteiger partial charge in [-0.2, -0.15) is 0 Å². The summed E-state index contributed by atoms with van der Waals surface area (Å²) in [6.45, 7) is 3.01. The zero-order valence-corrected chi connectivity index (χ0v) is 15.9. The predicted octanol–water partition coefficient (Wildman–Crippen LogP) is 2.10. The van der Waals surface area contributed by atoms with Gasteiger partial charge < -0.3 is 9.30 Å². The second-order valence-electron chi connectivity index (χ2n) is 7.89. The SMILES string of the molecule is COC12CC(CC(=O)NO)CN(C)C1Cc1c(C)n(C)c3cccc2c13. The topological polar surface area (TPSA) is 66.7 Å². The highest BCUT2D eigenvalue weighted by molar-refractivity contribution is 5.91. The number of piperidine rings is 1. The standard InChI is InChI=1S/C20H27N3O3/c1-12-14-9-17-20(26-4,10-13(11-22(17)2)8-18(24)21-25)15-6-5-7-16(19(14)15)23(12)3/h5-7,13,17,25H,8-11H2,1-4H3,(H,21,24). The van der Waals surface area contributed by atoms with E-state index in [4.69, 9.17) is 9.94 Å². The minimum Gasteiger partial charge on any atom is -0.372 e. The van der Waals surface area contributed by atoms with Crippen molar-refractivity contribution in [3.63, 3.8) is 0 Å². The average Bonchev–Trinajstić information content (AvgIpc) is 2.88. The smallest absolute Gasteiger partial charge is 0.243 e. The summed E-state index contributed by atoms with van der Waals surface area (Å²) >= 11 is 0. The molecule has 6 nitrogen and oxygen atoms in total. The van der Waals surface area contributed by atoms with E-state index in [0.29, 0.717) is 6.42 Å². The number of hydrogen-bond acceptors (Lipinski definition) is 4. The van der Waals surface area contributed by atoms with Gasteiger partial charge in [-0.05, 0) is 49.9 Å². The first-order chi connectivity index (χ1) is 12.4. The quantitative estimate of drug-likeness (QED) is 0.652. The van der Waals surface area contributed by atoms with Gasteiger partial charge in [-0.1, -0.05) is 12.1 Å². The Morgan fingerprint density at radius 3 is 2.88 bits per heavy atom. The lowest BCUT2D eigenvalue weighted by Gasteiger charge is -2.53. The van der Waals surface area contributed by atoms with Crippen molar-refractivity contribution in [2.24, 2.45) is 13.0 Å². The largest absolute Gasteiger partial charge is 0.372 e. The third-order valence-corrected chi connectivity index (χ3v) is 6.67. The second-order valence-corrected chi connectivity index (χ2v) is 7.89. The molecule has 1 aromatic carbocycles. The summed E-state index contributed by atoms with van der Waals surface area (Å²) in [6.07, 6.45) is 2.02. The van der Waals surface area contributed by atoms with Crippen LogP contribution in [0, 0.1) is 12.8 Å². The van der Waals surface area contributed by atoms with Crippen molar-refractivity contribution in [1.82, 2.24) is 14.9 Å². The number of hydroxylamine groups is 1. The van der Waals surface area contributed by atoms with Crippen LogP contribution in [0.3, 0.4) is 0 Å². The maximum absolute atomic E-state index is 11.8. The first kappa shape index (κ1) is 17.5. The Hall–Kier alpha value is -1.89. The number of nitrogens with zero attached hydrogens (tertiary/aromatic N) is 2. The van der Waals surface area contributed by atoms with Crippen molar-refractivity contribution >= 4 is 16.8 Å². The Morgan fingerprint density at radius 1 is 1.42 bits per heavy atom. The molecule has 2 heterocycles. The number of amides is 1. The molecule has 1 aromatic heterocycles. The zero-order valence-electron chi connectivity index (χ0n) is 15.9. The fourth-order valence-electron chi connectivity index (χ4n) is 5.40. The molecule has 2 aromatic rings. The Bertz CT molecular complexity index is 875. The third kappa shape index (κ3) is 2.25. The number of rotatable bonds is 3. The Labute approximate surface area is 153 Å². The van der Waals surface area contributed by atoms with Crippen molar-refractivity contribution in [2.75, 3.05) is 20.7 Å². The fourth-order valence-corrected chi connectivity index (χ4v) is 5.40. The number of methoxy groups -OCH3 is 1. The van der Waals surface area contributed by atoms with Crippen LogP contribution in [0.25, 0.3) is 10.9 Å². The molecule has 0 saturated carbocycles. The van der Waals surface area contributed by atoms with Crippen LogP contribution in [-0.2, 0) is 28.6 Å². The molecule has 0 bridgehead atoms. The number of benzene rings is 1. The number of hydrogen-bond donors (Lipinski definition) is 2. The summed E-state index contributed by atoms with van der Waals surface area (Å²) in [4.78, 5) is 14.1. The summed E-state index contributed by atoms with van der Waals surface area (Å²) in [7, 11) is 6.03. The molecular formula is C20H27N3O3. The Kier molecular flexibility index (Phi) is 4.10. The number of likely N-dealkylation sites (tertiary alicyclic amines) is 1. The van der Waals surface area contributed by atoms with Gasteiger partial charge in [-0.25, -0.2) is 5.48 Å². The molecule has 140 valence electrons. The molecule has 2 aliphatic rings. The summed E-state index contributed by atoms with van der Waals surface area (Å²) < 4.78 is 8.52. The maximum atomic E-state index is 11.8. The summed E-state index contributed by atoms with van der Waals surface area (Å²) in [5.41, 5.74) is 6.53. The lowest BCUT2D eigenvalue weighted by molar-refractivity contribution is -0.140. The number of nitrogens with one attached hydrogen (secondary N) is 1. The van der Waals surface area contributed by atoms with Gasteiger partial charge in [0.25, 0.3) is 0 Å². The summed E-state index contributed by atoms with van der Waals surface area (Å²) in [5, 5.41) is 10.2. The van der Waals surface area contributed by atoms with Crippen LogP contribution in [0.2, 0.25) is 0 Å². The minimum atomic E-state index is -0.437. The molecule has 1 aliphatic carbocycles. The molecule has 2 N–H and O–H groups in total. The molecule has 0 radical (unpaired) electrons. The van der Waals surface area contributed by atoms with Crippen molar-refractivity contribution in [2.45, 2.75) is 37.8 Å². The monoisotopic (exact) mass is 357 g/mol. The number of likely N-dealkylation sites (N-methyl/N-ethyl adjacent to an activating group) is 1. The van der Waals surface area contributed by atoms with Gasteiger partial charge in [-0.3, -0.25) is 14.9 Å². The van der Waals surface area contributed by atoms with Crippen LogP contribution in [0.5, 0.6) is 0 Å². The van der Waals surface area contributed by atoms with E-state index < -0.39 is 5.60 Å². The van der Waals surface area contributed by atoms with E-state index in [1.807, 2.05) is 0 Å². The molecule has 3 atom stereocenters. The van der Waals surface area contributed by atoms with Crippen molar-refractivity contribution in [1.29, 1.82) is 0 Å². The maximum Gasteiger partial charge on any atom is 0.243 e. The number of aromatic nitrogens is 1. The van der Waals surface area contributed by atoms with E-state index in [9.17, 15) is 4.79 Å². The second kappa shape index (κ2) is 6.08. The van der Waals surface area contributed by atoms with Gasteiger partial charge in [0.2, 0.25) is 5.91 Å². The molecule has 4 rings (SSSR count).